The molecule has 1 saturated heterocycles. The van der Waals surface area contributed by atoms with Crippen molar-refractivity contribution in [1.29, 1.82) is 0 Å². The average Bonchev–Trinajstić information content (AvgIpc) is 2.48. The van der Waals surface area contributed by atoms with E-state index in [2.05, 4.69) is 5.32 Å². The molecule has 0 radical (unpaired) electrons. The fourth-order valence-corrected chi connectivity index (χ4v) is 3.13. The van der Waals surface area contributed by atoms with E-state index in [0.29, 0.717) is 28.2 Å². The van der Waals surface area contributed by atoms with Crippen LogP contribution in [-0.2, 0) is 6.42 Å². The molecule has 0 spiro atoms. The van der Waals surface area contributed by atoms with Crippen molar-refractivity contribution in [3.05, 3.63) is 16.7 Å². The van der Waals surface area contributed by atoms with Crippen LogP contribution in [0.1, 0.15) is 18.4 Å². The molecule has 0 amide bonds. The number of piperidine rings is 1. The van der Waals surface area contributed by atoms with Crippen LogP contribution in [0.15, 0.2) is 6.07 Å². The Morgan fingerprint density at radius 1 is 1.20 bits per heavy atom. The van der Waals surface area contributed by atoms with Crippen molar-refractivity contribution < 1.29 is 14.2 Å². The van der Waals surface area contributed by atoms with Gasteiger partial charge in [0, 0.05) is 0 Å². The van der Waals surface area contributed by atoms with Crippen LogP contribution in [0, 0.1) is 5.92 Å². The first-order valence-electron chi connectivity index (χ1n) is 6.89. The van der Waals surface area contributed by atoms with E-state index in [1.165, 1.54) is 12.8 Å². The van der Waals surface area contributed by atoms with Crippen LogP contribution >= 0.6 is 11.6 Å². The maximum Gasteiger partial charge on any atom is 0.183 e. The van der Waals surface area contributed by atoms with E-state index in [-0.39, 0.29) is 0 Å². The van der Waals surface area contributed by atoms with Gasteiger partial charge < -0.3 is 19.5 Å². The summed E-state index contributed by atoms with van der Waals surface area (Å²) < 4.78 is 16.1. The molecule has 1 aliphatic heterocycles. The molecule has 1 aromatic carbocycles. The molecular weight excluding hydrogens is 278 g/mol. The van der Waals surface area contributed by atoms with Gasteiger partial charge in [-0.15, -0.1) is 0 Å². The second-order valence-electron chi connectivity index (χ2n) is 5.03. The zero-order valence-corrected chi connectivity index (χ0v) is 13.0. The number of hydrogen-bond donors (Lipinski definition) is 1. The number of benzene rings is 1. The van der Waals surface area contributed by atoms with Gasteiger partial charge in [-0.25, -0.2) is 0 Å². The summed E-state index contributed by atoms with van der Waals surface area (Å²) in [5, 5.41) is 3.91. The highest BCUT2D eigenvalue weighted by molar-refractivity contribution is 6.34. The molecule has 1 N–H and O–H groups in total. The van der Waals surface area contributed by atoms with Crippen molar-refractivity contribution in [2.24, 2.45) is 5.92 Å². The minimum atomic E-state index is 0.480. The smallest absolute Gasteiger partial charge is 0.183 e. The maximum atomic E-state index is 6.37. The Kier molecular flexibility index (Phi) is 5.38. The highest BCUT2D eigenvalue weighted by Gasteiger charge is 2.22. The Hall–Kier alpha value is -1.13. The largest absolute Gasteiger partial charge is 0.495 e. The summed E-state index contributed by atoms with van der Waals surface area (Å²) in [7, 11) is 4.83. The predicted molar refractivity (Wildman–Crippen MR) is 80.4 cm³/mol. The fraction of sp³-hybridized carbons (Fsp3) is 0.600. The van der Waals surface area contributed by atoms with Gasteiger partial charge in [-0.05, 0) is 49.9 Å². The third-order valence-electron chi connectivity index (χ3n) is 3.76. The van der Waals surface area contributed by atoms with E-state index < -0.39 is 0 Å². The van der Waals surface area contributed by atoms with E-state index in [0.717, 1.165) is 25.1 Å². The molecule has 1 aromatic rings. The molecule has 0 aliphatic carbocycles. The quantitative estimate of drug-likeness (QED) is 0.907. The lowest BCUT2D eigenvalue weighted by Gasteiger charge is -2.24. The van der Waals surface area contributed by atoms with Gasteiger partial charge in [-0.2, -0.15) is 0 Å². The monoisotopic (exact) mass is 299 g/mol. The van der Waals surface area contributed by atoms with Crippen molar-refractivity contribution in [2.45, 2.75) is 19.3 Å². The van der Waals surface area contributed by atoms with Crippen LogP contribution in [0.2, 0.25) is 5.02 Å². The van der Waals surface area contributed by atoms with Gasteiger partial charge >= 0.3 is 0 Å². The molecule has 1 heterocycles. The molecule has 4 nitrogen and oxygen atoms in total. The van der Waals surface area contributed by atoms with E-state index >= 15 is 0 Å². The Labute approximate surface area is 125 Å². The van der Waals surface area contributed by atoms with Gasteiger partial charge in [0.05, 0.1) is 21.3 Å². The van der Waals surface area contributed by atoms with E-state index in [4.69, 9.17) is 25.8 Å². The predicted octanol–water partition coefficient (Wildman–Crippen LogP) is 2.91. The number of methoxy groups -OCH3 is 3. The van der Waals surface area contributed by atoms with Crippen LogP contribution in [0.25, 0.3) is 0 Å². The van der Waals surface area contributed by atoms with Gasteiger partial charge in [0.15, 0.2) is 11.5 Å². The summed E-state index contributed by atoms with van der Waals surface area (Å²) in [6.07, 6.45) is 3.37. The second kappa shape index (κ2) is 7.04. The molecule has 1 unspecified atom stereocenters. The van der Waals surface area contributed by atoms with Crippen molar-refractivity contribution in [3.8, 4) is 17.2 Å². The Morgan fingerprint density at radius 2 is 1.95 bits per heavy atom. The zero-order valence-electron chi connectivity index (χ0n) is 12.3. The molecule has 1 fully saturated rings. The van der Waals surface area contributed by atoms with Gasteiger partial charge in [-0.1, -0.05) is 11.6 Å². The molecule has 1 atom stereocenters. The van der Waals surface area contributed by atoms with E-state index in [9.17, 15) is 0 Å². The molecule has 0 saturated carbocycles. The van der Waals surface area contributed by atoms with Gasteiger partial charge in [0.2, 0.25) is 0 Å². The highest BCUT2D eigenvalue weighted by Crippen LogP contribution is 2.44. The molecular formula is C15H22ClNO3. The number of hydrogen-bond acceptors (Lipinski definition) is 4. The average molecular weight is 300 g/mol. The van der Waals surface area contributed by atoms with E-state index in [1.807, 2.05) is 6.07 Å². The fourth-order valence-electron chi connectivity index (χ4n) is 2.76. The highest BCUT2D eigenvalue weighted by atomic mass is 35.5. The summed E-state index contributed by atoms with van der Waals surface area (Å²) in [6.45, 7) is 2.15. The summed E-state index contributed by atoms with van der Waals surface area (Å²) >= 11 is 6.37. The molecule has 2 rings (SSSR count). The van der Waals surface area contributed by atoms with Crippen LogP contribution in [0.3, 0.4) is 0 Å². The first kappa shape index (κ1) is 15.3. The Morgan fingerprint density at radius 3 is 2.50 bits per heavy atom. The second-order valence-corrected chi connectivity index (χ2v) is 5.41. The van der Waals surface area contributed by atoms with E-state index in [1.54, 1.807) is 21.3 Å². The maximum absolute atomic E-state index is 6.37. The molecule has 112 valence electrons. The van der Waals surface area contributed by atoms with Crippen molar-refractivity contribution in [3.63, 3.8) is 0 Å². The van der Waals surface area contributed by atoms with Crippen LogP contribution in [-0.4, -0.2) is 34.4 Å². The first-order chi connectivity index (χ1) is 9.71. The number of rotatable bonds is 5. The van der Waals surface area contributed by atoms with Crippen LogP contribution in [0.5, 0.6) is 17.2 Å². The Bertz CT molecular complexity index is 459. The van der Waals surface area contributed by atoms with Crippen molar-refractivity contribution in [2.75, 3.05) is 34.4 Å². The topological polar surface area (TPSA) is 39.7 Å². The first-order valence-corrected chi connectivity index (χ1v) is 7.27. The van der Waals surface area contributed by atoms with Crippen molar-refractivity contribution >= 4 is 11.6 Å². The lowest BCUT2D eigenvalue weighted by Crippen LogP contribution is -2.30. The third kappa shape index (κ3) is 3.13. The van der Waals surface area contributed by atoms with Gasteiger partial charge in [0.25, 0.3) is 0 Å². The summed E-state index contributed by atoms with van der Waals surface area (Å²) in [6, 6.07) is 1.97. The third-order valence-corrected chi connectivity index (χ3v) is 4.10. The molecule has 0 bridgehead atoms. The minimum Gasteiger partial charge on any atom is -0.495 e. The summed E-state index contributed by atoms with van der Waals surface area (Å²) in [5.41, 5.74) is 1.07. The normalized spacial score (nSPS) is 18.7. The Balaban J connectivity index is 2.32. The van der Waals surface area contributed by atoms with Gasteiger partial charge in [-0.3, -0.25) is 0 Å². The molecule has 20 heavy (non-hydrogen) atoms. The molecule has 5 heteroatoms. The minimum absolute atomic E-state index is 0.480. The number of halogens is 1. The summed E-state index contributed by atoms with van der Waals surface area (Å²) in [5.74, 6) is 2.47. The standard InChI is InChI=1S/C15H22ClNO3/c1-18-12-8-11(7-10-5-4-6-17-9-10)14(19-2)13(16)15(12)20-3/h8,10,17H,4-7,9H2,1-3H3. The van der Waals surface area contributed by atoms with Crippen molar-refractivity contribution in [1.82, 2.24) is 5.32 Å². The lowest BCUT2D eigenvalue weighted by molar-refractivity contribution is 0.341. The number of nitrogens with one attached hydrogen (secondary N) is 1. The van der Waals surface area contributed by atoms with Crippen LogP contribution in [0.4, 0.5) is 0 Å². The lowest BCUT2D eigenvalue weighted by atomic mass is 9.91. The number of ether oxygens (including phenoxy) is 3. The summed E-state index contributed by atoms with van der Waals surface area (Å²) in [4.78, 5) is 0. The SMILES string of the molecule is COc1cc(CC2CCCNC2)c(OC)c(Cl)c1OC. The van der Waals surface area contributed by atoms with Crippen LogP contribution < -0.4 is 19.5 Å². The van der Waals surface area contributed by atoms with Gasteiger partial charge in [0.1, 0.15) is 10.8 Å². The molecule has 1 aliphatic rings. The zero-order chi connectivity index (χ0) is 14.5. The molecule has 0 aromatic heterocycles.